The lowest BCUT2D eigenvalue weighted by Gasteiger charge is -2.03. The van der Waals surface area contributed by atoms with E-state index in [1.807, 2.05) is 13.8 Å². The van der Waals surface area contributed by atoms with Crippen LogP contribution in [-0.4, -0.2) is 20.9 Å². The van der Waals surface area contributed by atoms with Crippen molar-refractivity contribution in [3.8, 4) is 11.3 Å². The third kappa shape index (κ3) is 2.11. The van der Waals surface area contributed by atoms with Crippen LogP contribution in [0.1, 0.15) is 30.2 Å². The van der Waals surface area contributed by atoms with E-state index in [-0.39, 0.29) is 22.9 Å². The maximum Gasteiger partial charge on any atom is 0.339 e. The van der Waals surface area contributed by atoms with Gasteiger partial charge < -0.3 is 5.11 Å². The van der Waals surface area contributed by atoms with E-state index in [2.05, 4.69) is 5.10 Å². The Hall–Kier alpha value is -2.17. The Morgan fingerprint density at radius 2 is 2.06 bits per heavy atom. The highest BCUT2D eigenvalue weighted by atomic mass is 19.1. The first-order valence-corrected chi connectivity index (χ1v) is 5.58. The molecule has 0 atom stereocenters. The Balaban J connectivity index is 2.63. The van der Waals surface area contributed by atoms with E-state index in [0.29, 0.717) is 0 Å². The molecule has 1 aromatic heterocycles. The molecule has 5 heteroatoms. The highest BCUT2D eigenvalue weighted by Gasteiger charge is 2.20. The first-order chi connectivity index (χ1) is 8.50. The van der Waals surface area contributed by atoms with Gasteiger partial charge in [0.05, 0.1) is 0 Å². The fourth-order valence-corrected chi connectivity index (χ4v) is 1.66. The number of carboxylic acids is 1. The van der Waals surface area contributed by atoms with Crippen molar-refractivity contribution in [2.45, 2.75) is 19.9 Å². The number of aromatic carboxylic acids is 1. The van der Waals surface area contributed by atoms with Gasteiger partial charge in [-0.2, -0.15) is 5.10 Å². The van der Waals surface area contributed by atoms with E-state index in [9.17, 15) is 9.18 Å². The summed E-state index contributed by atoms with van der Waals surface area (Å²) in [4.78, 5) is 11.2. The molecule has 94 valence electrons. The molecule has 0 aliphatic carbocycles. The molecule has 0 saturated heterocycles. The molecule has 1 heterocycles. The fraction of sp³-hybridized carbons (Fsp3) is 0.231. The zero-order valence-electron chi connectivity index (χ0n) is 10.1. The van der Waals surface area contributed by atoms with E-state index in [1.165, 1.54) is 23.0 Å². The van der Waals surface area contributed by atoms with Gasteiger partial charge in [0.15, 0.2) is 0 Å². The van der Waals surface area contributed by atoms with Crippen molar-refractivity contribution in [2.75, 3.05) is 0 Å². The second kappa shape index (κ2) is 4.60. The highest BCUT2D eigenvalue weighted by Crippen LogP contribution is 2.25. The van der Waals surface area contributed by atoms with Crippen molar-refractivity contribution in [2.24, 2.45) is 0 Å². The van der Waals surface area contributed by atoms with Gasteiger partial charge in [-0.05, 0) is 26.0 Å². The number of hydrogen-bond donors (Lipinski definition) is 1. The molecular formula is C13H13FN2O2. The van der Waals surface area contributed by atoms with Gasteiger partial charge in [-0.1, -0.05) is 12.1 Å². The minimum atomic E-state index is -1.11. The summed E-state index contributed by atoms with van der Waals surface area (Å²) in [5.41, 5.74) is 0.373. The average Bonchev–Trinajstić information content (AvgIpc) is 2.74. The molecular weight excluding hydrogens is 235 g/mol. The molecule has 2 rings (SSSR count). The number of hydrogen-bond acceptors (Lipinski definition) is 2. The molecule has 0 fully saturated rings. The van der Waals surface area contributed by atoms with Gasteiger partial charge in [-0.15, -0.1) is 0 Å². The van der Waals surface area contributed by atoms with Crippen molar-refractivity contribution >= 4 is 5.97 Å². The van der Waals surface area contributed by atoms with Crippen molar-refractivity contribution in [1.29, 1.82) is 0 Å². The molecule has 2 aromatic rings. The summed E-state index contributed by atoms with van der Waals surface area (Å²) in [7, 11) is 0. The Kier molecular flexibility index (Phi) is 3.14. The van der Waals surface area contributed by atoms with Crippen molar-refractivity contribution in [1.82, 2.24) is 9.78 Å². The summed E-state index contributed by atoms with van der Waals surface area (Å²) in [6.07, 6.45) is 1.43. The average molecular weight is 248 g/mol. The molecule has 0 aliphatic rings. The van der Waals surface area contributed by atoms with Crippen LogP contribution in [0, 0.1) is 5.82 Å². The quantitative estimate of drug-likeness (QED) is 0.908. The van der Waals surface area contributed by atoms with E-state index >= 15 is 0 Å². The number of aromatic nitrogens is 2. The maximum absolute atomic E-state index is 13.7. The van der Waals surface area contributed by atoms with Crippen LogP contribution < -0.4 is 0 Å². The largest absolute Gasteiger partial charge is 0.478 e. The molecule has 0 aliphatic heterocycles. The van der Waals surface area contributed by atoms with Crippen molar-refractivity contribution < 1.29 is 14.3 Å². The van der Waals surface area contributed by atoms with E-state index < -0.39 is 11.8 Å². The zero-order chi connectivity index (χ0) is 13.3. The Labute approximate surface area is 104 Å². The fourth-order valence-electron chi connectivity index (χ4n) is 1.66. The van der Waals surface area contributed by atoms with Gasteiger partial charge in [-0.3, -0.25) is 4.68 Å². The minimum Gasteiger partial charge on any atom is -0.478 e. The van der Waals surface area contributed by atoms with Crippen LogP contribution in [0.2, 0.25) is 0 Å². The van der Waals surface area contributed by atoms with Gasteiger partial charge in [0.1, 0.15) is 17.1 Å². The van der Waals surface area contributed by atoms with Crippen LogP contribution in [0.3, 0.4) is 0 Å². The second-order valence-electron chi connectivity index (χ2n) is 4.25. The normalized spacial score (nSPS) is 10.9. The van der Waals surface area contributed by atoms with Crippen molar-refractivity contribution in [3.63, 3.8) is 0 Å². The summed E-state index contributed by atoms with van der Waals surface area (Å²) in [6.45, 7) is 3.76. The minimum absolute atomic E-state index is 0.00815. The molecule has 1 aromatic carbocycles. The second-order valence-corrected chi connectivity index (χ2v) is 4.25. The number of halogens is 1. The summed E-state index contributed by atoms with van der Waals surface area (Å²) in [5, 5.41) is 13.3. The number of benzene rings is 1. The first-order valence-electron chi connectivity index (χ1n) is 5.58. The van der Waals surface area contributed by atoms with Crippen molar-refractivity contribution in [3.05, 3.63) is 41.8 Å². The molecule has 0 amide bonds. The maximum atomic E-state index is 13.7. The first kappa shape index (κ1) is 12.3. The molecule has 4 nitrogen and oxygen atoms in total. The molecule has 0 spiro atoms. The van der Waals surface area contributed by atoms with Crippen LogP contribution >= 0.6 is 0 Å². The smallest absolute Gasteiger partial charge is 0.339 e. The molecule has 0 radical (unpaired) electrons. The Bertz CT molecular complexity index is 590. The van der Waals surface area contributed by atoms with Crippen LogP contribution in [0.4, 0.5) is 4.39 Å². The summed E-state index contributed by atoms with van der Waals surface area (Å²) >= 11 is 0. The highest BCUT2D eigenvalue weighted by molar-refractivity contribution is 5.94. The number of nitrogens with zero attached hydrogens (tertiary/aromatic N) is 2. The summed E-state index contributed by atoms with van der Waals surface area (Å²) in [6, 6.07) is 6.03. The van der Waals surface area contributed by atoms with Gasteiger partial charge >= 0.3 is 5.97 Å². The Morgan fingerprint density at radius 1 is 1.39 bits per heavy atom. The van der Waals surface area contributed by atoms with Crippen LogP contribution in [0.5, 0.6) is 0 Å². The van der Waals surface area contributed by atoms with Crippen LogP contribution in [0.15, 0.2) is 30.5 Å². The lowest BCUT2D eigenvalue weighted by molar-refractivity contribution is 0.0697. The third-order valence-electron chi connectivity index (χ3n) is 2.62. The molecule has 0 bridgehead atoms. The molecule has 0 unspecified atom stereocenters. The van der Waals surface area contributed by atoms with Gasteiger partial charge in [0.2, 0.25) is 0 Å². The van der Waals surface area contributed by atoms with Gasteiger partial charge in [0, 0.05) is 17.8 Å². The number of carboxylic acid groups (broad SMARTS) is 1. The predicted molar refractivity (Wildman–Crippen MR) is 65.0 cm³/mol. The number of rotatable bonds is 3. The predicted octanol–water partition coefficient (Wildman–Crippen LogP) is 2.97. The number of carbonyl (C=O) groups is 1. The van der Waals surface area contributed by atoms with Crippen LogP contribution in [-0.2, 0) is 0 Å². The third-order valence-corrected chi connectivity index (χ3v) is 2.62. The standard InChI is InChI=1S/C13H13FN2O2/c1-8(2)16-7-10(13(17)18)12(15-16)9-5-3-4-6-11(9)14/h3-8H,1-2H3,(H,17,18). The monoisotopic (exact) mass is 248 g/mol. The molecule has 1 N–H and O–H groups in total. The SMILES string of the molecule is CC(C)n1cc(C(=O)O)c(-c2ccccc2F)n1. The van der Waals surface area contributed by atoms with Gasteiger partial charge in [0.25, 0.3) is 0 Å². The lowest BCUT2D eigenvalue weighted by Crippen LogP contribution is -2.01. The lowest BCUT2D eigenvalue weighted by atomic mass is 10.1. The van der Waals surface area contributed by atoms with Gasteiger partial charge in [-0.25, -0.2) is 9.18 Å². The molecule has 18 heavy (non-hydrogen) atoms. The summed E-state index contributed by atoms with van der Waals surface area (Å²) < 4.78 is 15.2. The van der Waals surface area contributed by atoms with E-state index in [4.69, 9.17) is 5.11 Å². The Morgan fingerprint density at radius 3 is 2.61 bits per heavy atom. The van der Waals surface area contributed by atoms with E-state index in [1.54, 1.807) is 12.1 Å². The zero-order valence-corrected chi connectivity index (χ0v) is 10.1. The topological polar surface area (TPSA) is 55.1 Å². The van der Waals surface area contributed by atoms with E-state index in [0.717, 1.165) is 0 Å². The van der Waals surface area contributed by atoms with Crippen LogP contribution in [0.25, 0.3) is 11.3 Å². The summed E-state index contributed by atoms with van der Waals surface area (Å²) in [5.74, 6) is -1.59. The molecule has 0 saturated carbocycles.